The van der Waals surface area contributed by atoms with Gasteiger partial charge < -0.3 is 16.0 Å². The molecule has 1 saturated heterocycles. The van der Waals surface area contributed by atoms with Gasteiger partial charge in [-0.15, -0.1) is 12.4 Å². The Morgan fingerprint density at radius 1 is 1.21 bits per heavy atom. The molecule has 2 aliphatic rings. The molecule has 1 atom stereocenters. The van der Waals surface area contributed by atoms with Crippen molar-refractivity contribution in [2.45, 2.75) is 38.6 Å². The number of anilines is 1. The average molecular weight is 352 g/mol. The van der Waals surface area contributed by atoms with Gasteiger partial charge in [0.15, 0.2) is 0 Å². The molecule has 1 aliphatic heterocycles. The summed E-state index contributed by atoms with van der Waals surface area (Å²) in [5, 5.41) is 2.90. The van der Waals surface area contributed by atoms with E-state index in [4.69, 9.17) is 5.73 Å². The van der Waals surface area contributed by atoms with Gasteiger partial charge in [0.2, 0.25) is 5.91 Å². The van der Waals surface area contributed by atoms with E-state index in [2.05, 4.69) is 5.32 Å². The molecule has 0 bridgehead atoms. The third-order valence-corrected chi connectivity index (χ3v) is 4.90. The molecular weight excluding hydrogens is 326 g/mol. The van der Waals surface area contributed by atoms with Crippen molar-refractivity contribution in [3.63, 3.8) is 0 Å². The van der Waals surface area contributed by atoms with E-state index in [1.165, 1.54) is 0 Å². The second kappa shape index (κ2) is 7.99. The summed E-state index contributed by atoms with van der Waals surface area (Å²) < 4.78 is 0. The van der Waals surface area contributed by atoms with Crippen molar-refractivity contribution in [3.05, 3.63) is 29.8 Å². The number of hydrogen-bond acceptors (Lipinski definition) is 3. The molecule has 1 aromatic carbocycles. The number of rotatable bonds is 4. The highest BCUT2D eigenvalue weighted by Gasteiger charge is 2.30. The van der Waals surface area contributed by atoms with Crippen LogP contribution in [0.15, 0.2) is 24.3 Å². The molecule has 5 nitrogen and oxygen atoms in total. The van der Waals surface area contributed by atoms with Crippen molar-refractivity contribution >= 4 is 29.9 Å². The topological polar surface area (TPSA) is 75.4 Å². The minimum Gasteiger partial charge on any atom is -0.339 e. The Balaban J connectivity index is 0.00000208. The zero-order chi connectivity index (χ0) is 16.4. The second-order valence-corrected chi connectivity index (χ2v) is 6.83. The molecule has 1 heterocycles. The Bertz CT molecular complexity index is 594. The minimum atomic E-state index is 0. The largest absolute Gasteiger partial charge is 0.339 e. The fraction of sp³-hybridized carbons (Fsp3) is 0.556. The van der Waals surface area contributed by atoms with Gasteiger partial charge in [0.1, 0.15) is 0 Å². The Hall–Kier alpha value is -1.59. The number of amides is 2. The number of piperidine rings is 1. The number of nitrogens with zero attached hydrogens (tertiary/aromatic N) is 1. The van der Waals surface area contributed by atoms with Gasteiger partial charge in [0.05, 0.1) is 0 Å². The SMILES string of the molecule is CC(N)C1CCN(C(=O)c2cccc(NC(=O)C3CC3)c2)CC1.Cl. The van der Waals surface area contributed by atoms with Crippen molar-refractivity contribution in [2.24, 2.45) is 17.6 Å². The number of nitrogens with two attached hydrogens (primary N) is 1. The molecule has 24 heavy (non-hydrogen) atoms. The number of nitrogens with one attached hydrogen (secondary N) is 1. The fourth-order valence-corrected chi connectivity index (χ4v) is 3.13. The summed E-state index contributed by atoms with van der Waals surface area (Å²) in [6.07, 6.45) is 3.86. The van der Waals surface area contributed by atoms with Crippen LogP contribution in [0.2, 0.25) is 0 Å². The van der Waals surface area contributed by atoms with Gasteiger partial charge in [-0.05, 0) is 56.7 Å². The van der Waals surface area contributed by atoms with Crippen LogP contribution < -0.4 is 11.1 Å². The van der Waals surface area contributed by atoms with Crippen LogP contribution in [0.3, 0.4) is 0 Å². The van der Waals surface area contributed by atoms with Crippen LogP contribution in [-0.4, -0.2) is 35.8 Å². The molecule has 2 fully saturated rings. The number of benzene rings is 1. The van der Waals surface area contributed by atoms with Crippen molar-refractivity contribution in [1.82, 2.24) is 4.90 Å². The highest BCUT2D eigenvalue weighted by Crippen LogP contribution is 2.30. The van der Waals surface area contributed by atoms with Gasteiger partial charge in [0, 0.05) is 36.3 Å². The van der Waals surface area contributed by atoms with Crippen molar-refractivity contribution in [1.29, 1.82) is 0 Å². The van der Waals surface area contributed by atoms with Gasteiger partial charge >= 0.3 is 0 Å². The smallest absolute Gasteiger partial charge is 0.253 e. The molecule has 0 radical (unpaired) electrons. The van der Waals surface area contributed by atoms with Crippen molar-refractivity contribution in [2.75, 3.05) is 18.4 Å². The molecule has 2 amide bonds. The van der Waals surface area contributed by atoms with Crippen LogP contribution >= 0.6 is 12.4 Å². The van der Waals surface area contributed by atoms with E-state index in [0.29, 0.717) is 17.2 Å². The first kappa shape index (κ1) is 18.7. The standard InChI is InChI=1S/C18H25N3O2.ClH/c1-12(19)13-7-9-21(10-8-13)18(23)15-3-2-4-16(11-15)20-17(22)14-5-6-14;/h2-4,11-14H,5-10,19H2,1H3,(H,20,22);1H. The number of hydrogen-bond donors (Lipinski definition) is 2. The lowest BCUT2D eigenvalue weighted by atomic mass is 9.90. The molecule has 0 aromatic heterocycles. The van der Waals surface area contributed by atoms with E-state index in [-0.39, 0.29) is 36.2 Å². The maximum absolute atomic E-state index is 12.6. The fourth-order valence-electron chi connectivity index (χ4n) is 3.13. The molecule has 6 heteroatoms. The number of carbonyl (C=O) groups excluding carboxylic acids is 2. The molecule has 1 saturated carbocycles. The lowest BCUT2D eigenvalue weighted by molar-refractivity contribution is -0.117. The predicted octanol–water partition coefficient (Wildman–Crippen LogP) is 2.66. The first-order valence-electron chi connectivity index (χ1n) is 8.50. The average Bonchev–Trinajstić information content (AvgIpc) is 3.39. The van der Waals surface area contributed by atoms with Gasteiger partial charge in [-0.2, -0.15) is 0 Å². The number of likely N-dealkylation sites (tertiary alicyclic amines) is 1. The van der Waals surface area contributed by atoms with Crippen molar-refractivity contribution in [3.8, 4) is 0 Å². The lowest BCUT2D eigenvalue weighted by Gasteiger charge is -2.33. The van der Waals surface area contributed by atoms with Gasteiger partial charge in [-0.1, -0.05) is 6.07 Å². The number of halogens is 1. The maximum Gasteiger partial charge on any atom is 0.253 e. The minimum absolute atomic E-state index is 0. The van der Waals surface area contributed by atoms with E-state index in [1.807, 2.05) is 30.0 Å². The molecule has 1 aromatic rings. The summed E-state index contributed by atoms with van der Waals surface area (Å²) in [6.45, 7) is 3.54. The zero-order valence-corrected chi connectivity index (χ0v) is 14.8. The van der Waals surface area contributed by atoms with Crippen LogP contribution in [0, 0.1) is 11.8 Å². The summed E-state index contributed by atoms with van der Waals surface area (Å²) in [4.78, 5) is 26.4. The first-order chi connectivity index (χ1) is 11.0. The van der Waals surface area contributed by atoms with Gasteiger partial charge in [-0.25, -0.2) is 0 Å². The third kappa shape index (κ3) is 4.48. The van der Waals surface area contributed by atoms with Crippen LogP contribution in [0.5, 0.6) is 0 Å². The molecule has 132 valence electrons. The van der Waals surface area contributed by atoms with E-state index >= 15 is 0 Å². The summed E-state index contributed by atoms with van der Waals surface area (Å²) in [5.41, 5.74) is 7.30. The second-order valence-electron chi connectivity index (χ2n) is 6.83. The highest BCUT2D eigenvalue weighted by molar-refractivity contribution is 5.98. The maximum atomic E-state index is 12.6. The molecule has 3 rings (SSSR count). The van der Waals surface area contributed by atoms with Gasteiger partial charge in [0.25, 0.3) is 5.91 Å². The molecular formula is C18H26ClN3O2. The summed E-state index contributed by atoms with van der Waals surface area (Å²) >= 11 is 0. The summed E-state index contributed by atoms with van der Waals surface area (Å²) in [5.74, 6) is 0.762. The monoisotopic (exact) mass is 351 g/mol. The number of carbonyl (C=O) groups is 2. The third-order valence-electron chi connectivity index (χ3n) is 4.90. The van der Waals surface area contributed by atoms with Crippen LogP contribution in [0.1, 0.15) is 43.0 Å². The van der Waals surface area contributed by atoms with E-state index < -0.39 is 0 Å². The van der Waals surface area contributed by atoms with Gasteiger partial charge in [-0.3, -0.25) is 9.59 Å². The Morgan fingerprint density at radius 3 is 2.46 bits per heavy atom. The van der Waals surface area contributed by atoms with E-state index in [0.717, 1.165) is 38.8 Å². The van der Waals surface area contributed by atoms with Crippen LogP contribution in [-0.2, 0) is 4.79 Å². The summed E-state index contributed by atoms with van der Waals surface area (Å²) in [6, 6.07) is 7.44. The first-order valence-corrected chi connectivity index (χ1v) is 8.50. The quantitative estimate of drug-likeness (QED) is 0.875. The molecule has 0 spiro atoms. The molecule has 3 N–H and O–H groups in total. The van der Waals surface area contributed by atoms with Crippen LogP contribution in [0.4, 0.5) is 5.69 Å². The lowest BCUT2D eigenvalue weighted by Crippen LogP contribution is -2.42. The predicted molar refractivity (Wildman–Crippen MR) is 97.3 cm³/mol. The van der Waals surface area contributed by atoms with E-state index in [1.54, 1.807) is 6.07 Å². The zero-order valence-electron chi connectivity index (χ0n) is 14.0. The Kier molecular flexibility index (Phi) is 6.24. The van der Waals surface area contributed by atoms with Crippen LogP contribution in [0.25, 0.3) is 0 Å². The summed E-state index contributed by atoms with van der Waals surface area (Å²) in [7, 11) is 0. The molecule has 1 aliphatic carbocycles. The highest BCUT2D eigenvalue weighted by atomic mass is 35.5. The van der Waals surface area contributed by atoms with Crippen molar-refractivity contribution < 1.29 is 9.59 Å². The van der Waals surface area contributed by atoms with E-state index in [9.17, 15) is 9.59 Å². The Labute approximate surface area is 149 Å². The normalized spacial score (nSPS) is 19.3. The Morgan fingerprint density at radius 2 is 1.88 bits per heavy atom. The molecule has 1 unspecified atom stereocenters.